The van der Waals surface area contributed by atoms with Crippen LogP contribution in [0, 0.1) is 11.7 Å². The summed E-state index contributed by atoms with van der Waals surface area (Å²) in [5.74, 6) is -0.361. The molecule has 1 saturated carbocycles. The third kappa shape index (κ3) is 4.10. The third-order valence-electron chi connectivity index (χ3n) is 6.98. The molecule has 1 aromatic heterocycles. The van der Waals surface area contributed by atoms with Crippen molar-refractivity contribution in [3.05, 3.63) is 75.3 Å². The van der Waals surface area contributed by atoms with Crippen LogP contribution in [-0.2, 0) is 19.4 Å². The molecule has 2 N–H and O–H groups in total. The first kappa shape index (κ1) is 22.2. The largest absolute Gasteiger partial charge is 0.350 e. The fraction of sp³-hybridized carbons (Fsp3) is 0.346. The minimum Gasteiger partial charge on any atom is -0.350 e. The van der Waals surface area contributed by atoms with Crippen molar-refractivity contribution in [2.45, 2.75) is 32.2 Å². The Kier molecular flexibility index (Phi) is 5.57. The number of nitrogens with one attached hydrogen (secondary N) is 2. The molecule has 1 fully saturated rings. The van der Waals surface area contributed by atoms with Gasteiger partial charge in [-0.2, -0.15) is 5.10 Å². The molecule has 0 bridgehead atoms. The van der Waals surface area contributed by atoms with Crippen molar-refractivity contribution < 1.29 is 14.0 Å². The molecule has 180 valence electrons. The number of hydrogen-bond donors (Lipinski definition) is 2. The summed E-state index contributed by atoms with van der Waals surface area (Å²) in [6, 6.07) is 10.3. The summed E-state index contributed by atoms with van der Waals surface area (Å²) in [4.78, 5) is 28.5. The molecule has 7 nitrogen and oxygen atoms in total. The van der Waals surface area contributed by atoms with Gasteiger partial charge in [0.05, 0.1) is 5.69 Å². The van der Waals surface area contributed by atoms with Crippen molar-refractivity contribution in [2.24, 2.45) is 5.92 Å². The number of aromatic nitrogens is 2. The van der Waals surface area contributed by atoms with Gasteiger partial charge >= 0.3 is 0 Å². The highest BCUT2D eigenvalue weighted by atomic mass is 35.5. The molecule has 1 aliphatic carbocycles. The number of carbonyl (C=O) groups excluding carboxylic acids is 2. The summed E-state index contributed by atoms with van der Waals surface area (Å²) in [6.45, 7) is 2.25. The Morgan fingerprint density at radius 1 is 1.17 bits per heavy atom. The molecule has 35 heavy (non-hydrogen) atoms. The Bertz CT molecular complexity index is 1350. The number of fused-ring (bicyclic) bond motifs is 2. The first-order chi connectivity index (χ1) is 17.0. The maximum absolute atomic E-state index is 14.9. The SMILES string of the molecule is O=C(NCC1CC1)c1nn(-c2cccc(Cl)c2)c2c1CCN(c1cc(F)c3c(c1)CNCC3)C2=O. The Balaban J connectivity index is 1.41. The van der Waals surface area contributed by atoms with Crippen LogP contribution in [0.3, 0.4) is 0 Å². The standard InChI is InChI=1S/C26H25ClFN5O2/c27-17-2-1-3-18(11-17)33-24-21(23(31-33)25(34)30-13-15-4-5-15)7-9-32(26(24)35)19-10-16-14-29-8-6-20(16)22(28)12-19/h1-3,10-12,15,29H,4-9,13-14H2,(H,30,34). The fourth-order valence-electron chi connectivity index (χ4n) is 4.93. The summed E-state index contributed by atoms with van der Waals surface area (Å²) in [5.41, 5.74) is 3.86. The number of amides is 2. The maximum atomic E-state index is 14.9. The predicted octanol–water partition coefficient (Wildman–Crippen LogP) is 3.65. The van der Waals surface area contributed by atoms with Crippen LogP contribution in [0.25, 0.3) is 5.69 Å². The molecule has 2 amide bonds. The zero-order chi connectivity index (χ0) is 24.1. The van der Waals surface area contributed by atoms with Gasteiger partial charge in [-0.25, -0.2) is 9.07 Å². The van der Waals surface area contributed by atoms with Gasteiger partial charge < -0.3 is 15.5 Å². The summed E-state index contributed by atoms with van der Waals surface area (Å²) in [6.07, 6.45) is 3.30. The van der Waals surface area contributed by atoms with Gasteiger partial charge in [-0.3, -0.25) is 9.59 Å². The smallest absolute Gasteiger partial charge is 0.277 e. The average molecular weight is 494 g/mol. The van der Waals surface area contributed by atoms with E-state index in [9.17, 15) is 14.0 Å². The Hall–Kier alpha value is -3.23. The summed E-state index contributed by atoms with van der Waals surface area (Å²) < 4.78 is 16.4. The molecular formula is C26H25ClFN5O2. The van der Waals surface area contributed by atoms with E-state index in [1.165, 1.54) is 10.7 Å². The monoisotopic (exact) mass is 493 g/mol. The predicted molar refractivity (Wildman–Crippen MR) is 131 cm³/mol. The number of halogens is 2. The second-order valence-corrected chi connectivity index (χ2v) is 9.86. The second kappa shape index (κ2) is 8.77. The molecule has 3 heterocycles. The van der Waals surface area contributed by atoms with Crippen molar-refractivity contribution in [3.63, 3.8) is 0 Å². The van der Waals surface area contributed by atoms with Gasteiger partial charge in [-0.1, -0.05) is 17.7 Å². The van der Waals surface area contributed by atoms with E-state index in [1.54, 1.807) is 29.2 Å². The second-order valence-electron chi connectivity index (χ2n) is 9.42. The van der Waals surface area contributed by atoms with Crippen molar-refractivity contribution in [1.82, 2.24) is 20.4 Å². The molecular weight excluding hydrogens is 469 g/mol. The molecule has 3 aromatic rings. The van der Waals surface area contributed by atoms with Crippen LogP contribution in [-0.4, -0.2) is 41.2 Å². The first-order valence-electron chi connectivity index (χ1n) is 12.0. The van der Waals surface area contributed by atoms with Crippen LogP contribution < -0.4 is 15.5 Å². The molecule has 0 spiro atoms. The molecule has 3 aliphatic rings. The quantitative estimate of drug-likeness (QED) is 0.568. The lowest BCUT2D eigenvalue weighted by molar-refractivity contribution is 0.0945. The van der Waals surface area contributed by atoms with Crippen LogP contribution in [0.1, 0.15) is 50.5 Å². The van der Waals surface area contributed by atoms with E-state index in [1.807, 2.05) is 6.07 Å². The van der Waals surface area contributed by atoms with Gasteiger partial charge in [0.25, 0.3) is 11.8 Å². The lowest BCUT2D eigenvalue weighted by Gasteiger charge is -2.29. The highest BCUT2D eigenvalue weighted by Crippen LogP contribution is 2.32. The van der Waals surface area contributed by atoms with Gasteiger partial charge in [0.15, 0.2) is 5.69 Å². The molecule has 2 aromatic carbocycles. The Labute approximate surface area is 207 Å². The number of hydrogen-bond acceptors (Lipinski definition) is 4. The molecule has 2 aliphatic heterocycles. The van der Waals surface area contributed by atoms with Crippen molar-refractivity contribution in [2.75, 3.05) is 24.5 Å². The maximum Gasteiger partial charge on any atom is 0.277 e. The fourth-order valence-corrected chi connectivity index (χ4v) is 5.12. The van der Waals surface area contributed by atoms with E-state index in [4.69, 9.17) is 11.6 Å². The Morgan fingerprint density at radius 3 is 2.83 bits per heavy atom. The molecule has 6 rings (SSSR count). The summed E-state index contributed by atoms with van der Waals surface area (Å²) in [5, 5.41) is 11.3. The number of benzene rings is 2. The minimum atomic E-state index is -0.317. The molecule has 9 heteroatoms. The van der Waals surface area contributed by atoms with Gasteiger partial charge in [-0.05, 0) is 79.6 Å². The number of nitrogens with zero attached hydrogens (tertiary/aromatic N) is 3. The third-order valence-corrected chi connectivity index (χ3v) is 7.22. The molecule has 0 saturated heterocycles. The van der Waals surface area contributed by atoms with Crippen LogP contribution in [0.2, 0.25) is 5.02 Å². The number of anilines is 1. The van der Waals surface area contributed by atoms with E-state index in [2.05, 4.69) is 15.7 Å². The van der Waals surface area contributed by atoms with E-state index in [0.717, 1.165) is 24.9 Å². The lowest BCUT2D eigenvalue weighted by Crippen LogP contribution is -2.39. The van der Waals surface area contributed by atoms with Gasteiger partial charge in [0, 0.05) is 35.9 Å². The molecule has 0 atom stereocenters. The highest BCUT2D eigenvalue weighted by molar-refractivity contribution is 6.30. The van der Waals surface area contributed by atoms with Crippen LogP contribution in [0.15, 0.2) is 36.4 Å². The summed E-state index contributed by atoms with van der Waals surface area (Å²) >= 11 is 6.22. The van der Waals surface area contributed by atoms with E-state index in [0.29, 0.717) is 71.6 Å². The number of rotatable bonds is 5. The van der Waals surface area contributed by atoms with Crippen molar-refractivity contribution in [3.8, 4) is 5.69 Å². The Morgan fingerprint density at radius 2 is 2.03 bits per heavy atom. The molecule has 0 unspecified atom stereocenters. The number of carbonyl (C=O) groups is 2. The van der Waals surface area contributed by atoms with Gasteiger partial charge in [-0.15, -0.1) is 0 Å². The van der Waals surface area contributed by atoms with E-state index in [-0.39, 0.29) is 23.3 Å². The van der Waals surface area contributed by atoms with Gasteiger partial charge in [0.1, 0.15) is 11.5 Å². The van der Waals surface area contributed by atoms with Crippen LogP contribution in [0.5, 0.6) is 0 Å². The van der Waals surface area contributed by atoms with Crippen molar-refractivity contribution in [1.29, 1.82) is 0 Å². The van der Waals surface area contributed by atoms with Crippen LogP contribution in [0.4, 0.5) is 10.1 Å². The zero-order valence-corrected chi connectivity index (χ0v) is 19.9. The highest BCUT2D eigenvalue weighted by Gasteiger charge is 2.36. The van der Waals surface area contributed by atoms with Crippen LogP contribution >= 0.6 is 11.6 Å². The zero-order valence-electron chi connectivity index (χ0n) is 19.1. The minimum absolute atomic E-state index is 0.259. The normalized spacial score (nSPS) is 17.2. The molecule has 0 radical (unpaired) electrons. The topological polar surface area (TPSA) is 79.3 Å². The summed E-state index contributed by atoms with van der Waals surface area (Å²) in [7, 11) is 0. The average Bonchev–Trinajstić information content (AvgIpc) is 3.60. The van der Waals surface area contributed by atoms with Crippen molar-refractivity contribution >= 4 is 29.1 Å². The van der Waals surface area contributed by atoms with E-state index < -0.39 is 0 Å². The lowest BCUT2D eigenvalue weighted by atomic mass is 9.97. The van der Waals surface area contributed by atoms with Gasteiger partial charge in [0.2, 0.25) is 0 Å². The first-order valence-corrected chi connectivity index (χ1v) is 12.4. The van der Waals surface area contributed by atoms with E-state index >= 15 is 0 Å².